The van der Waals surface area contributed by atoms with E-state index < -0.39 is 5.60 Å². The van der Waals surface area contributed by atoms with E-state index in [0.717, 1.165) is 19.4 Å². The average molecular weight is 284 g/mol. The molecule has 0 radical (unpaired) electrons. The first-order valence-corrected chi connectivity index (χ1v) is 8.03. The summed E-state index contributed by atoms with van der Waals surface area (Å²) in [5, 5.41) is 14.9. The number of aliphatic hydroxyl groups is 1. The van der Waals surface area contributed by atoms with Crippen molar-refractivity contribution in [3.63, 3.8) is 0 Å². The van der Waals surface area contributed by atoms with Crippen molar-refractivity contribution >= 4 is 11.3 Å². The molecule has 2 atom stereocenters. The maximum absolute atomic E-state index is 10.3. The molecule has 19 heavy (non-hydrogen) atoms. The molecule has 2 unspecified atom stereocenters. The van der Waals surface area contributed by atoms with Crippen LogP contribution in [0.15, 0.2) is 6.20 Å². The van der Waals surface area contributed by atoms with Gasteiger partial charge in [-0.2, -0.15) is 0 Å². The molecule has 1 heterocycles. The molecule has 0 saturated carbocycles. The van der Waals surface area contributed by atoms with Gasteiger partial charge in [-0.25, -0.2) is 4.98 Å². The van der Waals surface area contributed by atoms with Gasteiger partial charge in [0, 0.05) is 30.6 Å². The summed E-state index contributed by atoms with van der Waals surface area (Å²) in [6.07, 6.45) is 4.00. The van der Waals surface area contributed by atoms with Crippen molar-refractivity contribution in [2.75, 3.05) is 6.54 Å². The fourth-order valence-electron chi connectivity index (χ4n) is 1.93. The lowest BCUT2D eigenvalue weighted by Gasteiger charge is -2.29. The van der Waals surface area contributed by atoms with Crippen molar-refractivity contribution < 1.29 is 5.11 Å². The summed E-state index contributed by atoms with van der Waals surface area (Å²) in [5.74, 6) is 0.955. The number of thiazole rings is 1. The summed E-state index contributed by atoms with van der Waals surface area (Å²) in [6, 6.07) is 0. The van der Waals surface area contributed by atoms with Gasteiger partial charge in [0.2, 0.25) is 0 Å². The van der Waals surface area contributed by atoms with Crippen LogP contribution in [0.2, 0.25) is 0 Å². The van der Waals surface area contributed by atoms with Crippen molar-refractivity contribution in [2.45, 2.75) is 59.6 Å². The van der Waals surface area contributed by atoms with Gasteiger partial charge in [-0.1, -0.05) is 34.1 Å². The zero-order chi connectivity index (χ0) is 14.5. The molecule has 2 N–H and O–H groups in total. The summed E-state index contributed by atoms with van der Waals surface area (Å²) in [5.41, 5.74) is -0.639. The Morgan fingerprint density at radius 3 is 2.68 bits per heavy atom. The fourth-order valence-corrected chi connectivity index (χ4v) is 3.03. The zero-order valence-electron chi connectivity index (χ0n) is 12.9. The van der Waals surface area contributed by atoms with Gasteiger partial charge in [0.05, 0.1) is 10.6 Å². The van der Waals surface area contributed by atoms with Gasteiger partial charge < -0.3 is 10.4 Å². The maximum atomic E-state index is 10.3. The highest BCUT2D eigenvalue weighted by atomic mass is 32.1. The van der Waals surface area contributed by atoms with Gasteiger partial charge in [0.1, 0.15) is 0 Å². The van der Waals surface area contributed by atoms with E-state index in [9.17, 15) is 5.11 Å². The Morgan fingerprint density at radius 1 is 1.42 bits per heavy atom. The van der Waals surface area contributed by atoms with Crippen LogP contribution < -0.4 is 5.32 Å². The van der Waals surface area contributed by atoms with E-state index in [1.54, 1.807) is 11.3 Å². The largest absolute Gasteiger partial charge is 0.389 e. The molecule has 0 aliphatic carbocycles. The molecule has 4 heteroatoms. The lowest BCUT2D eigenvalue weighted by Crippen LogP contribution is -2.42. The Labute approximate surface area is 121 Å². The van der Waals surface area contributed by atoms with Gasteiger partial charge in [0.25, 0.3) is 0 Å². The van der Waals surface area contributed by atoms with Crippen LogP contribution in [0.25, 0.3) is 0 Å². The maximum Gasteiger partial charge on any atom is 0.0930 e. The molecule has 0 aliphatic heterocycles. The standard InChI is InChI=1S/C15H28N2OS/c1-6-12(4)15(5,18)10-16-8-13-9-17-14(19-13)7-11(2)3/h9,11-12,16,18H,6-8,10H2,1-5H3. The smallest absolute Gasteiger partial charge is 0.0930 e. The average Bonchev–Trinajstić information content (AvgIpc) is 2.74. The number of nitrogens with zero attached hydrogens (tertiary/aromatic N) is 1. The number of nitrogens with one attached hydrogen (secondary N) is 1. The molecule has 0 amide bonds. The lowest BCUT2D eigenvalue weighted by atomic mass is 9.89. The molecule has 0 saturated heterocycles. The fraction of sp³-hybridized carbons (Fsp3) is 0.800. The van der Waals surface area contributed by atoms with E-state index in [2.05, 4.69) is 38.0 Å². The first-order valence-electron chi connectivity index (χ1n) is 7.21. The van der Waals surface area contributed by atoms with E-state index in [4.69, 9.17) is 0 Å². The lowest BCUT2D eigenvalue weighted by molar-refractivity contribution is 0.00539. The minimum Gasteiger partial charge on any atom is -0.389 e. The SMILES string of the molecule is CCC(C)C(C)(O)CNCc1cnc(CC(C)C)s1. The molecule has 1 aromatic heterocycles. The van der Waals surface area contributed by atoms with Crippen LogP contribution in [-0.4, -0.2) is 22.2 Å². The second kappa shape index (κ2) is 7.36. The molecular weight excluding hydrogens is 256 g/mol. The van der Waals surface area contributed by atoms with Crippen LogP contribution in [-0.2, 0) is 13.0 Å². The van der Waals surface area contributed by atoms with E-state index in [1.165, 1.54) is 9.88 Å². The molecule has 0 fully saturated rings. The highest BCUT2D eigenvalue weighted by molar-refractivity contribution is 7.11. The molecule has 1 aromatic rings. The normalized spacial score (nSPS) is 16.6. The minimum absolute atomic E-state index is 0.304. The molecular formula is C15H28N2OS. The van der Waals surface area contributed by atoms with Gasteiger partial charge in [-0.3, -0.25) is 0 Å². The highest BCUT2D eigenvalue weighted by Crippen LogP contribution is 2.20. The van der Waals surface area contributed by atoms with Crippen molar-refractivity contribution in [1.29, 1.82) is 0 Å². The van der Waals surface area contributed by atoms with Gasteiger partial charge in [-0.15, -0.1) is 11.3 Å². The summed E-state index contributed by atoms with van der Waals surface area (Å²) in [4.78, 5) is 5.68. The van der Waals surface area contributed by atoms with E-state index in [-0.39, 0.29) is 0 Å². The first kappa shape index (κ1) is 16.6. The Balaban J connectivity index is 2.39. The Kier molecular flexibility index (Phi) is 6.43. The number of hydrogen-bond donors (Lipinski definition) is 2. The van der Waals surface area contributed by atoms with Crippen LogP contribution in [0.1, 0.15) is 50.9 Å². The third-order valence-electron chi connectivity index (χ3n) is 3.64. The van der Waals surface area contributed by atoms with Crippen molar-refractivity contribution in [3.8, 4) is 0 Å². The monoisotopic (exact) mass is 284 g/mol. The number of rotatable bonds is 8. The van der Waals surface area contributed by atoms with Crippen LogP contribution in [0.5, 0.6) is 0 Å². The zero-order valence-corrected chi connectivity index (χ0v) is 13.7. The molecule has 0 aromatic carbocycles. The van der Waals surface area contributed by atoms with Crippen LogP contribution >= 0.6 is 11.3 Å². The second-order valence-electron chi connectivity index (χ2n) is 6.09. The van der Waals surface area contributed by atoms with E-state index in [1.807, 2.05) is 13.1 Å². The second-order valence-corrected chi connectivity index (χ2v) is 7.29. The van der Waals surface area contributed by atoms with Gasteiger partial charge in [0.15, 0.2) is 0 Å². The predicted molar refractivity (Wildman–Crippen MR) is 82.4 cm³/mol. The van der Waals surface area contributed by atoms with Crippen molar-refractivity contribution in [3.05, 3.63) is 16.1 Å². The quantitative estimate of drug-likeness (QED) is 0.770. The van der Waals surface area contributed by atoms with Gasteiger partial charge >= 0.3 is 0 Å². The molecule has 0 aliphatic rings. The van der Waals surface area contributed by atoms with E-state index >= 15 is 0 Å². The molecule has 1 rings (SSSR count). The molecule has 0 spiro atoms. The van der Waals surface area contributed by atoms with Crippen LogP contribution in [0, 0.1) is 11.8 Å². The predicted octanol–water partition coefficient (Wildman–Crippen LogP) is 3.23. The van der Waals surface area contributed by atoms with Crippen molar-refractivity contribution in [1.82, 2.24) is 10.3 Å². The Morgan fingerprint density at radius 2 is 2.11 bits per heavy atom. The number of hydrogen-bond acceptors (Lipinski definition) is 4. The Hall–Kier alpha value is -0.450. The summed E-state index contributed by atoms with van der Waals surface area (Å²) in [7, 11) is 0. The topological polar surface area (TPSA) is 45.1 Å². The third-order valence-corrected chi connectivity index (χ3v) is 4.66. The molecule has 110 valence electrons. The summed E-state index contributed by atoms with van der Waals surface area (Å²) < 4.78 is 0. The first-order chi connectivity index (χ1) is 8.85. The summed E-state index contributed by atoms with van der Waals surface area (Å²) in [6.45, 7) is 12.0. The molecule has 0 bridgehead atoms. The summed E-state index contributed by atoms with van der Waals surface area (Å²) >= 11 is 1.77. The van der Waals surface area contributed by atoms with Gasteiger partial charge in [-0.05, 0) is 18.8 Å². The van der Waals surface area contributed by atoms with Crippen LogP contribution in [0.4, 0.5) is 0 Å². The third kappa shape index (κ3) is 5.59. The van der Waals surface area contributed by atoms with E-state index in [0.29, 0.717) is 18.4 Å². The number of aromatic nitrogens is 1. The molecule has 3 nitrogen and oxygen atoms in total. The van der Waals surface area contributed by atoms with Crippen molar-refractivity contribution in [2.24, 2.45) is 11.8 Å². The highest BCUT2D eigenvalue weighted by Gasteiger charge is 2.26. The van der Waals surface area contributed by atoms with Crippen LogP contribution in [0.3, 0.4) is 0 Å². The minimum atomic E-state index is -0.639. The Bertz CT molecular complexity index is 374.